The summed E-state index contributed by atoms with van der Waals surface area (Å²) in [5, 5.41) is 3.10. The first kappa shape index (κ1) is 8.09. The third-order valence-corrected chi connectivity index (χ3v) is 3.87. The van der Waals surface area contributed by atoms with Gasteiger partial charge in [-0.3, -0.25) is 4.79 Å². The molecule has 1 saturated carbocycles. The maximum atomic E-state index is 10.9. The molecule has 1 spiro atoms. The molecule has 12 heavy (non-hydrogen) atoms. The monoisotopic (exact) mass is 167 g/mol. The van der Waals surface area contributed by atoms with E-state index in [1.54, 1.807) is 0 Å². The molecule has 2 rings (SSSR count). The molecule has 0 aromatic carbocycles. The Morgan fingerprint density at radius 2 is 2.17 bits per heavy atom. The van der Waals surface area contributed by atoms with Crippen LogP contribution in [0.4, 0.5) is 0 Å². The number of hydrogen-bond acceptors (Lipinski definition) is 1. The number of amides is 1. The van der Waals surface area contributed by atoms with Crippen LogP contribution >= 0.6 is 0 Å². The molecule has 1 saturated heterocycles. The molecule has 1 N–H and O–H groups in total. The summed E-state index contributed by atoms with van der Waals surface area (Å²) in [5.74, 6) is 1.69. The SMILES string of the molecule is CC1CCCC2(CC(=O)N2)C1C. The molecule has 0 aromatic heterocycles. The summed E-state index contributed by atoms with van der Waals surface area (Å²) >= 11 is 0. The maximum absolute atomic E-state index is 10.9. The highest BCUT2D eigenvalue weighted by molar-refractivity contribution is 5.84. The van der Waals surface area contributed by atoms with Crippen LogP contribution < -0.4 is 5.32 Å². The van der Waals surface area contributed by atoms with Crippen molar-refractivity contribution in [3.8, 4) is 0 Å². The predicted octanol–water partition coefficient (Wildman–Crippen LogP) is 1.70. The second-order valence-corrected chi connectivity index (χ2v) is 4.54. The summed E-state index contributed by atoms with van der Waals surface area (Å²) in [7, 11) is 0. The molecule has 0 aromatic rings. The Labute approximate surface area is 73.7 Å². The van der Waals surface area contributed by atoms with Crippen molar-refractivity contribution in [2.24, 2.45) is 11.8 Å². The molecule has 2 heteroatoms. The van der Waals surface area contributed by atoms with Gasteiger partial charge >= 0.3 is 0 Å². The molecule has 1 amide bonds. The zero-order chi connectivity index (χ0) is 8.77. The van der Waals surface area contributed by atoms with Crippen LogP contribution in [0.2, 0.25) is 0 Å². The highest BCUT2D eigenvalue weighted by Gasteiger charge is 2.49. The molecule has 2 nitrogen and oxygen atoms in total. The Hall–Kier alpha value is -0.530. The van der Waals surface area contributed by atoms with Crippen LogP contribution in [0.15, 0.2) is 0 Å². The van der Waals surface area contributed by atoms with E-state index in [1.807, 2.05) is 0 Å². The molecular weight excluding hydrogens is 150 g/mol. The van der Waals surface area contributed by atoms with Crippen LogP contribution in [0.25, 0.3) is 0 Å². The average Bonchev–Trinajstić information content (AvgIpc) is 1.97. The Morgan fingerprint density at radius 3 is 2.75 bits per heavy atom. The third kappa shape index (κ3) is 0.970. The molecule has 1 aliphatic heterocycles. The van der Waals surface area contributed by atoms with E-state index in [-0.39, 0.29) is 11.4 Å². The normalized spacial score (nSPS) is 47.0. The minimum Gasteiger partial charge on any atom is -0.350 e. The molecule has 2 aliphatic rings. The van der Waals surface area contributed by atoms with Gasteiger partial charge in [0.05, 0.1) is 5.54 Å². The van der Waals surface area contributed by atoms with Gasteiger partial charge in [0.15, 0.2) is 0 Å². The van der Waals surface area contributed by atoms with Crippen LogP contribution in [0.1, 0.15) is 39.5 Å². The standard InChI is InChI=1S/C10H17NO/c1-7-4-3-5-10(8(7)2)6-9(12)11-10/h7-8H,3-6H2,1-2H3,(H,11,12). The van der Waals surface area contributed by atoms with Crippen molar-refractivity contribution in [2.75, 3.05) is 0 Å². The van der Waals surface area contributed by atoms with E-state index in [1.165, 1.54) is 19.3 Å². The fraction of sp³-hybridized carbons (Fsp3) is 0.900. The number of carbonyl (C=O) groups is 1. The second kappa shape index (κ2) is 2.48. The van der Waals surface area contributed by atoms with Crippen molar-refractivity contribution in [1.29, 1.82) is 0 Å². The van der Waals surface area contributed by atoms with E-state index in [4.69, 9.17) is 0 Å². The Balaban J connectivity index is 2.09. The minimum atomic E-state index is 0.203. The van der Waals surface area contributed by atoms with E-state index >= 15 is 0 Å². The number of nitrogens with one attached hydrogen (secondary N) is 1. The zero-order valence-electron chi connectivity index (χ0n) is 7.89. The molecule has 1 aliphatic carbocycles. The third-order valence-electron chi connectivity index (χ3n) is 3.87. The molecular formula is C10H17NO. The predicted molar refractivity (Wildman–Crippen MR) is 47.7 cm³/mol. The highest BCUT2D eigenvalue weighted by atomic mass is 16.2. The van der Waals surface area contributed by atoms with Gasteiger partial charge in [-0.05, 0) is 18.3 Å². The summed E-state index contributed by atoms with van der Waals surface area (Å²) in [6.45, 7) is 4.58. The molecule has 0 bridgehead atoms. The second-order valence-electron chi connectivity index (χ2n) is 4.54. The van der Waals surface area contributed by atoms with Gasteiger partial charge in [0.1, 0.15) is 0 Å². The van der Waals surface area contributed by atoms with Gasteiger partial charge in [-0.1, -0.05) is 26.7 Å². The highest BCUT2D eigenvalue weighted by Crippen LogP contribution is 2.43. The van der Waals surface area contributed by atoms with Crippen molar-refractivity contribution in [1.82, 2.24) is 5.32 Å². The van der Waals surface area contributed by atoms with Gasteiger partial charge < -0.3 is 5.32 Å². The van der Waals surface area contributed by atoms with Crippen LogP contribution in [-0.4, -0.2) is 11.4 Å². The summed E-state index contributed by atoms with van der Waals surface area (Å²) in [4.78, 5) is 10.9. The van der Waals surface area contributed by atoms with Crippen molar-refractivity contribution >= 4 is 5.91 Å². The minimum absolute atomic E-state index is 0.203. The lowest BCUT2D eigenvalue weighted by Gasteiger charge is -2.52. The molecule has 3 unspecified atom stereocenters. The largest absolute Gasteiger partial charge is 0.350 e. The van der Waals surface area contributed by atoms with Crippen LogP contribution in [0, 0.1) is 11.8 Å². The van der Waals surface area contributed by atoms with Gasteiger partial charge in [-0.15, -0.1) is 0 Å². The average molecular weight is 167 g/mol. The lowest BCUT2D eigenvalue weighted by Crippen LogP contribution is -2.66. The molecule has 1 heterocycles. The van der Waals surface area contributed by atoms with Gasteiger partial charge in [0.25, 0.3) is 0 Å². The van der Waals surface area contributed by atoms with Crippen LogP contribution in [0.3, 0.4) is 0 Å². The topological polar surface area (TPSA) is 29.1 Å². The first-order valence-corrected chi connectivity index (χ1v) is 4.95. The van der Waals surface area contributed by atoms with Crippen LogP contribution in [-0.2, 0) is 4.79 Å². The van der Waals surface area contributed by atoms with E-state index in [0.29, 0.717) is 5.92 Å². The summed E-state index contributed by atoms with van der Waals surface area (Å²) < 4.78 is 0. The Morgan fingerprint density at radius 1 is 1.50 bits per heavy atom. The van der Waals surface area contributed by atoms with Crippen molar-refractivity contribution in [3.05, 3.63) is 0 Å². The van der Waals surface area contributed by atoms with Gasteiger partial charge in [-0.25, -0.2) is 0 Å². The lowest BCUT2D eigenvalue weighted by atomic mass is 9.63. The number of rotatable bonds is 0. The summed E-state index contributed by atoms with van der Waals surface area (Å²) in [6, 6.07) is 0. The number of β-lactam (4-membered cyclic amide) rings is 1. The van der Waals surface area contributed by atoms with E-state index in [2.05, 4.69) is 19.2 Å². The lowest BCUT2D eigenvalue weighted by molar-refractivity contribution is -0.137. The maximum Gasteiger partial charge on any atom is 0.222 e. The Kier molecular flexibility index (Phi) is 1.67. The van der Waals surface area contributed by atoms with Gasteiger partial charge in [-0.2, -0.15) is 0 Å². The van der Waals surface area contributed by atoms with Gasteiger partial charge in [0, 0.05) is 6.42 Å². The molecule has 0 radical (unpaired) electrons. The van der Waals surface area contributed by atoms with E-state index in [9.17, 15) is 4.79 Å². The smallest absolute Gasteiger partial charge is 0.222 e. The summed E-state index contributed by atoms with van der Waals surface area (Å²) in [5.41, 5.74) is 0.203. The van der Waals surface area contributed by atoms with Gasteiger partial charge in [0.2, 0.25) is 5.91 Å². The number of carbonyl (C=O) groups excluding carboxylic acids is 1. The fourth-order valence-electron chi connectivity index (χ4n) is 2.73. The Bertz CT molecular complexity index is 204. The number of hydrogen-bond donors (Lipinski definition) is 1. The summed E-state index contributed by atoms with van der Waals surface area (Å²) in [6.07, 6.45) is 4.59. The molecule has 2 fully saturated rings. The van der Waals surface area contributed by atoms with E-state index < -0.39 is 0 Å². The van der Waals surface area contributed by atoms with Crippen molar-refractivity contribution in [3.63, 3.8) is 0 Å². The van der Waals surface area contributed by atoms with Crippen molar-refractivity contribution in [2.45, 2.75) is 45.1 Å². The van der Waals surface area contributed by atoms with E-state index in [0.717, 1.165) is 12.3 Å². The first-order chi connectivity index (χ1) is 5.64. The first-order valence-electron chi connectivity index (χ1n) is 4.95. The van der Waals surface area contributed by atoms with Crippen LogP contribution in [0.5, 0.6) is 0 Å². The molecule has 3 atom stereocenters. The fourth-order valence-corrected chi connectivity index (χ4v) is 2.73. The zero-order valence-corrected chi connectivity index (χ0v) is 7.89. The quantitative estimate of drug-likeness (QED) is 0.547. The van der Waals surface area contributed by atoms with Crippen molar-refractivity contribution < 1.29 is 4.79 Å². The molecule has 68 valence electrons.